The standard InChI is InChI=1S/C12H12N2O4/c1-17-9-6-11-10(12(7-9)18-2)5-8(13-11)3-4-14(15)16/h3-7,13H,1-2H3/b4-3+. The van der Waals surface area contributed by atoms with E-state index < -0.39 is 4.92 Å². The monoisotopic (exact) mass is 248 g/mol. The summed E-state index contributed by atoms with van der Waals surface area (Å²) in [4.78, 5) is 12.8. The van der Waals surface area contributed by atoms with Gasteiger partial charge in [-0.2, -0.15) is 0 Å². The van der Waals surface area contributed by atoms with Crippen LogP contribution >= 0.6 is 0 Å². The largest absolute Gasteiger partial charge is 0.497 e. The predicted molar refractivity (Wildman–Crippen MR) is 67.4 cm³/mol. The SMILES string of the molecule is COc1cc(OC)c2cc(/C=C/[N+](=O)[O-])[nH]c2c1. The van der Waals surface area contributed by atoms with Crippen molar-refractivity contribution >= 4 is 17.0 Å². The number of nitrogens with zero attached hydrogens (tertiary/aromatic N) is 1. The van der Waals surface area contributed by atoms with Gasteiger partial charge in [0.1, 0.15) is 11.5 Å². The van der Waals surface area contributed by atoms with Gasteiger partial charge < -0.3 is 14.5 Å². The average Bonchev–Trinajstić information content (AvgIpc) is 2.77. The quantitative estimate of drug-likeness (QED) is 0.665. The summed E-state index contributed by atoms with van der Waals surface area (Å²) < 4.78 is 10.4. The summed E-state index contributed by atoms with van der Waals surface area (Å²) >= 11 is 0. The molecule has 2 rings (SSSR count). The minimum absolute atomic E-state index is 0.511. The minimum atomic E-state index is -0.511. The van der Waals surface area contributed by atoms with Crippen molar-refractivity contribution in [1.29, 1.82) is 0 Å². The summed E-state index contributed by atoms with van der Waals surface area (Å²) in [5.41, 5.74) is 1.43. The molecule has 0 radical (unpaired) electrons. The molecule has 18 heavy (non-hydrogen) atoms. The molecule has 0 aliphatic carbocycles. The first kappa shape index (κ1) is 12.0. The number of fused-ring (bicyclic) bond motifs is 1. The smallest absolute Gasteiger partial charge is 0.236 e. The van der Waals surface area contributed by atoms with E-state index in [2.05, 4.69) is 4.98 Å². The van der Waals surface area contributed by atoms with E-state index >= 15 is 0 Å². The summed E-state index contributed by atoms with van der Waals surface area (Å²) in [7, 11) is 3.13. The van der Waals surface area contributed by atoms with Gasteiger partial charge in [-0.3, -0.25) is 10.1 Å². The Morgan fingerprint density at radius 1 is 1.28 bits per heavy atom. The van der Waals surface area contributed by atoms with Crippen LogP contribution < -0.4 is 9.47 Å². The van der Waals surface area contributed by atoms with Crippen LogP contribution in [-0.2, 0) is 0 Å². The van der Waals surface area contributed by atoms with Gasteiger partial charge in [-0.25, -0.2) is 0 Å². The summed E-state index contributed by atoms with van der Waals surface area (Å²) in [5.74, 6) is 1.31. The topological polar surface area (TPSA) is 77.4 Å². The van der Waals surface area contributed by atoms with Crippen molar-refractivity contribution < 1.29 is 14.4 Å². The van der Waals surface area contributed by atoms with Crippen molar-refractivity contribution in [2.24, 2.45) is 0 Å². The zero-order valence-corrected chi connectivity index (χ0v) is 9.97. The fraction of sp³-hybridized carbons (Fsp3) is 0.167. The highest BCUT2D eigenvalue weighted by Crippen LogP contribution is 2.31. The maximum Gasteiger partial charge on any atom is 0.236 e. The maximum atomic E-state index is 10.3. The highest BCUT2D eigenvalue weighted by atomic mass is 16.6. The van der Waals surface area contributed by atoms with Crippen LogP contribution in [0.4, 0.5) is 0 Å². The second-order valence-corrected chi connectivity index (χ2v) is 3.62. The van der Waals surface area contributed by atoms with Gasteiger partial charge in [-0.15, -0.1) is 0 Å². The highest BCUT2D eigenvalue weighted by Gasteiger charge is 2.08. The van der Waals surface area contributed by atoms with Gasteiger partial charge >= 0.3 is 0 Å². The zero-order chi connectivity index (χ0) is 13.1. The molecule has 0 aliphatic rings. The summed E-state index contributed by atoms with van der Waals surface area (Å²) in [6, 6.07) is 5.35. The van der Waals surface area contributed by atoms with Crippen LogP contribution in [0, 0.1) is 10.1 Å². The number of hydrogen-bond donors (Lipinski definition) is 1. The van der Waals surface area contributed by atoms with E-state index in [1.54, 1.807) is 32.4 Å². The van der Waals surface area contributed by atoms with Crippen molar-refractivity contribution in [2.45, 2.75) is 0 Å². The summed E-state index contributed by atoms with van der Waals surface area (Å²) in [6.45, 7) is 0. The molecule has 0 atom stereocenters. The fourth-order valence-electron chi connectivity index (χ4n) is 1.72. The fourth-order valence-corrected chi connectivity index (χ4v) is 1.72. The number of hydrogen-bond acceptors (Lipinski definition) is 4. The lowest BCUT2D eigenvalue weighted by Crippen LogP contribution is -1.87. The molecule has 0 fully saturated rings. The summed E-state index contributed by atoms with van der Waals surface area (Å²) in [5, 5.41) is 11.1. The lowest BCUT2D eigenvalue weighted by molar-refractivity contribution is -0.400. The van der Waals surface area contributed by atoms with Gasteiger partial charge in [0, 0.05) is 29.3 Å². The molecule has 1 aromatic carbocycles. The van der Waals surface area contributed by atoms with Crippen molar-refractivity contribution in [1.82, 2.24) is 4.98 Å². The van der Waals surface area contributed by atoms with E-state index in [1.165, 1.54) is 6.08 Å². The molecule has 94 valence electrons. The van der Waals surface area contributed by atoms with Gasteiger partial charge in [-0.05, 0) is 6.07 Å². The van der Waals surface area contributed by atoms with E-state index in [1.807, 2.05) is 0 Å². The van der Waals surface area contributed by atoms with Crippen LogP contribution in [0.2, 0.25) is 0 Å². The molecular formula is C12H12N2O4. The molecule has 0 bridgehead atoms. The van der Waals surface area contributed by atoms with E-state index in [9.17, 15) is 10.1 Å². The third kappa shape index (κ3) is 2.27. The third-order valence-electron chi connectivity index (χ3n) is 2.53. The molecule has 0 saturated carbocycles. The normalized spacial score (nSPS) is 11.0. The summed E-state index contributed by atoms with van der Waals surface area (Å²) in [6.07, 6.45) is 2.28. The number of ether oxygens (including phenoxy) is 2. The Bertz CT molecular complexity index is 616. The third-order valence-corrected chi connectivity index (χ3v) is 2.53. The van der Waals surface area contributed by atoms with E-state index in [0.29, 0.717) is 17.2 Å². The second-order valence-electron chi connectivity index (χ2n) is 3.62. The number of methoxy groups -OCH3 is 2. The van der Waals surface area contributed by atoms with E-state index in [0.717, 1.165) is 17.1 Å². The van der Waals surface area contributed by atoms with Crippen LogP contribution in [0.5, 0.6) is 11.5 Å². The molecule has 1 aromatic heterocycles. The van der Waals surface area contributed by atoms with Gasteiger partial charge in [0.2, 0.25) is 6.20 Å². The lowest BCUT2D eigenvalue weighted by atomic mass is 10.2. The van der Waals surface area contributed by atoms with Crippen LogP contribution in [-0.4, -0.2) is 24.1 Å². The molecular weight excluding hydrogens is 236 g/mol. The molecule has 0 saturated heterocycles. The van der Waals surface area contributed by atoms with Crippen molar-refractivity contribution in [3.05, 3.63) is 40.2 Å². The number of nitrogens with one attached hydrogen (secondary N) is 1. The molecule has 0 unspecified atom stereocenters. The number of H-pyrrole nitrogens is 1. The number of aromatic amines is 1. The van der Waals surface area contributed by atoms with Crippen LogP contribution in [0.25, 0.3) is 17.0 Å². The molecule has 1 N–H and O–H groups in total. The second kappa shape index (κ2) is 4.79. The Balaban J connectivity index is 2.52. The van der Waals surface area contributed by atoms with Crippen LogP contribution in [0.15, 0.2) is 24.4 Å². The first-order valence-electron chi connectivity index (χ1n) is 5.20. The number of nitro groups is 1. The Morgan fingerprint density at radius 2 is 2.06 bits per heavy atom. The first-order valence-corrected chi connectivity index (χ1v) is 5.20. The van der Waals surface area contributed by atoms with Crippen molar-refractivity contribution in [3.63, 3.8) is 0 Å². The van der Waals surface area contributed by atoms with Gasteiger partial charge in [0.15, 0.2) is 0 Å². The number of benzene rings is 1. The molecule has 0 spiro atoms. The van der Waals surface area contributed by atoms with Crippen LogP contribution in [0.1, 0.15) is 5.69 Å². The Labute approximate surface area is 103 Å². The van der Waals surface area contributed by atoms with Gasteiger partial charge in [-0.1, -0.05) is 0 Å². The Hall–Kier alpha value is -2.50. The molecule has 6 heteroatoms. The average molecular weight is 248 g/mol. The van der Waals surface area contributed by atoms with E-state index in [4.69, 9.17) is 9.47 Å². The Kier molecular flexibility index (Phi) is 3.18. The van der Waals surface area contributed by atoms with Gasteiger partial charge in [0.05, 0.1) is 24.7 Å². The maximum absolute atomic E-state index is 10.3. The first-order chi connectivity index (χ1) is 8.63. The minimum Gasteiger partial charge on any atom is -0.497 e. The Morgan fingerprint density at radius 3 is 2.67 bits per heavy atom. The number of aromatic nitrogens is 1. The lowest BCUT2D eigenvalue weighted by Gasteiger charge is -2.04. The molecule has 2 aromatic rings. The predicted octanol–water partition coefficient (Wildman–Crippen LogP) is 2.43. The molecule has 0 amide bonds. The van der Waals surface area contributed by atoms with E-state index in [-0.39, 0.29) is 0 Å². The molecule has 6 nitrogen and oxygen atoms in total. The van der Waals surface area contributed by atoms with Crippen molar-refractivity contribution in [3.8, 4) is 11.5 Å². The molecule has 0 aliphatic heterocycles. The van der Waals surface area contributed by atoms with Crippen molar-refractivity contribution in [2.75, 3.05) is 14.2 Å². The highest BCUT2D eigenvalue weighted by molar-refractivity contribution is 5.89. The number of rotatable bonds is 4. The van der Waals surface area contributed by atoms with Crippen LogP contribution in [0.3, 0.4) is 0 Å². The molecule has 1 heterocycles. The van der Waals surface area contributed by atoms with Gasteiger partial charge in [0.25, 0.3) is 0 Å². The zero-order valence-electron chi connectivity index (χ0n) is 9.97.